The van der Waals surface area contributed by atoms with Crippen LogP contribution >= 0.6 is 15.9 Å². The first-order chi connectivity index (χ1) is 18.1. The Labute approximate surface area is 223 Å². The Hall–Kier alpha value is -3.21. The second-order valence-electron chi connectivity index (χ2n) is 11.5. The highest BCUT2D eigenvalue weighted by molar-refractivity contribution is 9.10. The lowest BCUT2D eigenvalue weighted by Gasteiger charge is -2.05. The summed E-state index contributed by atoms with van der Waals surface area (Å²) in [4.78, 5) is 21.4. The normalized spacial score (nSPS) is 22.4. The van der Waals surface area contributed by atoms with Crippen LogP contribution in [0.4, 0.5) is 0 Å². The second kappa shape index (κ2) is 7.89. The fourth-order valence-electron chi connectivity index (χ4n) is 5.88. The van der Waals surface area contributed by atoms with Crippen LogP contribution in [0.5, 0.6) is 0 Å². The van der Waals surface area contributed by atoms with Crippen molar-refractivity contribution in [2.75, 3.05) is 13.1 Å². The number of aromatic nitrogens is 4. The highest BCUT2D eigenvalue weighted by atomic mass is 79.9. The van der Waals surface area contributed by atoms with Gasteiger partial charge in [-0.3, -0.25) is 4.99 Å². The highest BCUT2D eigenvalue weighted by Crippen LogP contribution is 2.54. The van der Waals surface area contributed by atoms with E-state index in [0.717, 1.165) is 74.9 Å². The lowest BCUT2D eigenvalue weighted by Crippen LogP contribution is -2.14. The maximum absolute atomic E-state index is 4.87. The number of H-pyrrole nitrogens is 2. The molecule has 2 saturated carbocycles. The molecule has 1 saturated heterocycles. The molecule has 7 heteroatoms. The van der Waals surface area contributed by atoms with Gasteiger partial charge in [0.1, 0.15) is 16.1 Å². The van der Waals surface area contributed by atoms with Gasteiger partial charge in [0, 0.05) is 36.2 Å². The molecule has 2 spiro atoms. The number of aromatic amines is 2. The Balaban J connectivity index is 0.992. The van der Waals surface area contributed by atoms with Crippen LogP contribution in [0.1, 0.15) is 67.3 Å². The molecule has 3 N–H and O–H groups in total. The van der Waals surface area contributed by atoms with Crippen LogP contribution in [0, 0.1) is 22.7 Å². The van der Waals surface area contributed by atoms with E-state index in [0.29, 0.717) is 16.9 Å². The zero-order chi connectivity index (χ0) is 24.6. The Bertz CT molecular complexity index is 1640. The minimum Gasteiger partial charge on any atom is -0.341 e. The number of hydrogen-bond acceptors (Lipinski definition) is 4. The van der Waals surface area contributed by atoms with Crippen LogP contribution in [0.15, 0.2) is 52.1 Å². The molecule has 2 aliphatic carbocycles. The summed E-state index contributed by atoms with van der Waals surface area (Å²) < 4.78 is 0.896. The van der Waals surface area contributed by atoms with Gasteiger partial charge in [-0.05, 0) is 89.2 Å². The molecule has 0 radical (unpaired) electrons. The molecule has 2 aromatic carbocycles. The fraction of sp³-hybridized carbons (Fsp3) is 0.367. The van der Waals surface area contributed by atoms with Gasteiger partial charge in [0.15, 0.2) is 5.82 Å². The number of imidazole rings is 2. The lowest BCUT2D eigenvalue weighted by atomic mass is 10.0. The van der Waals surface area contributed by atoms with Crippen LogP contribution in [-0.2, 0) is 0 Å². The van der Waals surface area contributed by atoms with Gasteiger partial charge in [0.05, 0.1) is 22.8 Å². The monoisotopic (exact) mass is 550 g/mol. The lowest BCUT2D eigenvalue weighted by molar-refractivity contribution is 0.543. The summed E-state index contributed by atoms with van der Waals surface area (Å²) in [6.45, 7) is 2.08. The van der Waals surface area contributed by atoms with Crippen LogP contribution in [-0.4, -0.2) is 38.7 Å². The molecule has 184 valence electrons. The smallest absolute Gasteiger partial charge is 0.152 e. The standard InChI is InChI=1S/C30H27BrN6/c31-26-25(36-28(37-26)24-15-30(11-12-30)17-33-24)20-6-3-18(4-7-20)1-2-19-5-8-21-22(13-19)35-27(34-21)23-14-29(9-10-29)16-32-23/h3-8,13,23,32H,9-12,14-17H2,(H,34,35)(H,36,37)/t23-/m0/s1. The molecule has 6 nitrogen and oxygen atoms in total. The first-order valence-corrected chi connectivity index (χ1v) is 14.0. The van der Waals surface area contributed by atoms with Gasteiger partial charge in [-0.1, -0.05) is 24.0 Å². The van der Waals surface area contributed by atoms with E-state index in [2.05, 4.69) is 85.5 Å². The molecule has 2 aliphatic heterocycles. The molecule has 4 heterocycles. The third-order valence-corrected chi connectivity index (χ3v) is 9.27. The minimum absolute atomic E-state index is 0.342. The van der Waals surface area contributed by atoms with Gasteiger partial charge in [0.25, 0.3) is 0 Å². The summed E-state index contributed by atoms with van der Waals surface area (Å²) in [7, 11) is 0. The van der Waals surface area contributed by atoms with E-state index in [1.54, 1.807) is 0 Å². The van der Waals surface area contributed by atoms with Gasteiger partial charge in [-0.2, -0.15) is 0 Å². The average Bonchev–Trinajstić information content (AvgIpc) is 3.54. The van der Waals surface area contributed by atoms with Crippen molar-refractivity contribution in [1.29, 1.82) is 0 Å². The van der Waals surface area contributed by atoms with Crippen LogP contribution in [0.3, 0.4) is 0 Å². The van der Waals surface area contributed by atoms with Crippen molar-refractivity contribution >= 4 is 32.7 Å². The average molecular weight is 551 g/mol. The Morgan fingerprint density at radius 1 is 0.892 bits per heavy atom. The van der Waals surface area contributed by atoms with Crippen LogP contribution in [0.25, 0.3) is 22.3 Å². The number of hydrogen-bond donors (Lipinski definition) is 3. The molecule has 8 rings (SSSR count). The van der Waals surface area contributed by atoms with Crippen LogP contribution < -0.4 is 5.32 Å². The maximum atomic E-state index is 4.87. The number of benzene rings is 2. The van der Waals surface area contributed by atoms with E-state index < -0.39 is 0 Å². The Morgan fingerprint density at radius 3 is 2.43 bits per heavy atom. The summed E-state index contributed by atoms with van der Waals surface area (Å²) >= 11 is 3.66. The Morgan fingerprint density at radius 2 is 1.68 bits per heavy atom. The fourth-order valence-corrected chi connectivity index (χ4v) is 6.38. The molecule has 0 unspecified atom stereocenters. The summed E-state index contributed by atoms with van der Waals surface area (Å²) in [5.41, 5.74) is 8.09. The summed E-state index contributed by atoms with van der Waals surface area (Å²) in [5, 5.41) is 3.65. The van der Waals surface area contributed by atoms with Gasteiger partial charge >= 0.3 is 0 Å². The third kappa shape index (κ3) is 3.94. The first-order valence-electron chi connectivity index (χ1n) is 13.2. The van der Waals surface area contributed by atoms with Crippen molar-refractivity contribution in [2.45, 2.75) is 44.6 Å². The predicted octanol–water partition coefficient (Wildman–Crippen LogP) is 5.90. The maximum Gasteiger partial charge on any atom is 0.152 e. The number of nitrogens with one attached hydrogen (secondary N) is 3. The van der Waals surface area contributed by atoms with Gasteiger partial charge in [-0.15, -0.1) is 0 Å². The van der Waals surface area contributed by atoms with E-state index in [9.17, 15) is 0 Å². The molecule has 4 aromatic rings. The van der Waals surface area contributed by atoms with E-state index in [-0.39, 0.29) is 0 Å². The minimum atomic E-state index is 0.342. The SMILES string of the molecule is Brc1[nH]c(C2=NCC3(CC3)C2)nc1-c1ccc(C#Cc2ccc3nc([C@@H]4CC5(CC5)CN4)[nH]c3c2)cc1. The van der Waals surface area contributed by atoms with Crippen molar-refractivity contribution in [1.82, 2.24) is 25.3 Å². The number of nitrogens with zero attached hydrogens (tertiary/aromatic N) is 3. The molecular formula is C30H27BrN6. The van der Waals surface area contributed by atoms with Crippen molar-refractivity contribution in [3.8, 4) is 23.1 Å². The van der Waals surface area contributed by atoms with Crippen LogP contribution in [0.2, 0.25) is 0 Å². The third-order valence-electron chi connectivity index (χ3n) is 8.70. The van der Waals surface area contributed by atoms with Crippen molar-refractivity contribution in [3.05, 3.63) is 69.8 Å². The van der Waals surface area contributed by atoms with Gasteiger partial charge in [0.2, 0.25) is 0 Å². The molecule has 0 bridgehead atoms. The van der Waals surface area contributed by atoms with Crippen molar-refractivity contribution in [3.63, 3.8) is 0 Å². The van der Waals surface area contributed by atoms with E-state index in [4.69, 9.17) is 15.0 Å². The molecule has 0 amide bonds. The molecule has 2 aromatic heterocycles. The van der Waals surface area contributed by atoms with E-state index in [1.165, 1.54) is 32.1 Å². The summed E-state index contributed by atoms with van der Waals surface area (Å²) in [6.07, 6.45) is 7.55. The number of fused-ring (bicyclic) bond motifs is 1. The number of rotatable bonds is 3. The Kier molecular flexibility index (Phi) is 4.66. The topological polar surface area (TPSA) is 81.8 Å². The number of aliphatic imine (C=N–C) groups is 1. The molecule has 1 atom stereocenters. The van der Waals surface area contributed by atoms with Crippen molar-refractivity contribution in [2.24, 2.45) is 15.8 Å². The zero-order valence-electron chi connectivity index (χ0n) is 20.5. The second-order valence-corrected chi connectivity index (χ2v) is 12.3. The molecule has 3 fully saturated rings. The zero-order valence-corrected chi connectivity index (χ0v) is 22.1. The quantitative estimate of drug-likeness (QED) is 0.277. The summed E-state index contributed by atoms with van der Waals surface area (Å²) in [6, 6.07) is 14.8. The molecule has 4 aliphatic rings. The predicted molar refractivity (Wildman–Crippen MR) is 149 cm³/mol. The van der Waals surface area contributed by atoms with E-state index >= 15 is 0 Å². The highest BCUT2D eigenvalue weighted by Gasteiger charge is 2.49. The molecular weight excluding hydrogens is 524 g/mol. The molecule has 37 heavy (non-hydrogen) atoms. The largest absolute Gasteiger partial charge is 0.341 e. The first kappa shape index (κ1) is 21.8. The van der Waals surface area contributed by atoms with E-state index in [1.807, 2.05) is 0 Å². The number of halogens is 1. The van der Waals surface area contributed by atoms with Gasteiger partial charge in [-0.25, -0.2) is 9.97 Å². The summed E-state index contributed by atoms with van der Waals surface area (Å²) in [5.74, 6) is 8.58. The van der Waals surface area contributed by atoms with Crippen molar-refractivity contribution < 1.29 is 0 Å². The van der Waals surface area contributed by atoms with Gasteiger partial charge < -0.3 is 15.3 Å².